The van der Waals surface area contributed by atoms with Gasteiger partial charge in [-0.25, -0.2) is 4.79 Å². The molecule has 1 aromatic heterocycles. The Labute approximate surface area is 122 Å². The van der Waals surface area contributed by atoms with Crippen LogP contribution in [0, 0.1) is 0 Å². The highest BCUT2D eigenvalue weighted by Crippen LogP contribution is 2.12. The fraction of sp³-hybridized carbons (Fsp3) is 0.467. The Kier molecular flexibility index (Phi) is 3.79. The van der Waals surface area contributed by atoms with E-state index < -0.39 is 5.76 Å². The Morgan fingerprint density at radius 1 is 1.19 bits per heavy atom. The van der Waals surface area contributed by atoms with Crippen LogP contribution >= 0.6 is 0 Å². The molecule has 21 heavy (non-hydrogen) atoms. The lowest BCUT2D eigenvalue weighted by molar-refractivity contribution is -0.133. The molecule has 1 aromatic carbocycles. The largest absolute Gasteiger partial charge is 0.419 e. The number of rotatable bonds is 3. The van der Waals surface area contributed by atoms with E-state index in [2.05, 4.69) is 11.9 Å². The zero-order valence-electron chi connectivity index (χ0n) is 12.1. The zero-order valence-corrected chi connectivity index (χ0v) is 12.1. The number of carbonyl (C=O) groups is 1. The first-order chi connectivity index (χ1) is 10.1. The van der Waals surface area contributed by atoms with Crippen molar-refractivity contribution in [3.05, 3.63) is 34.8 Å². The highest BCUT2D eigenvalue weighted by molar-refractivity contribution is 5.77. The molecule has 1 aliphatic rings. The van der Waals surface area contributed by atoms with E-state index in [0.29, 0.717) is 18.5 Å². The summed E-state index contributed by atoms with van der Waals surface area (Å²) >= 11 is 0. The van der Waals surface area contributed by atoms with E-state index in [4.69, 9.17) is 4.42 Å². The number of nitrogens with zero attached hydrogens (tertiary/aromatic N) is 3. The molecule has 0 N–H and O–H groups in total. The van der Waals surface area contributed by atoms with Crippen molar-refractivity contribution in [1.29, 1.82) is 0 Å². The summed E-state index contributed by atoms with van der Waals surface area (Å²) in [5.74, 6) is -0.303. The van der Waals surface area contributed by atoms with Crippen molar-refractivity contribution in [3.63, 3.8) is 0 Å². The molecule has 0 spiro atoms. The molecule has 0 bridgehead atoms. The monoisotopic (exact) mass is 289 g/mol. The van der Waals surface area contributed by atoms with Gasteiger partial charge in [0.1, 0.15) is 0 Å². The van der Waals surface area contributed by atoms with Crippen LogP contribution in [0.15, 0.2) is 33.5 Å². The van der Waals surface area contributed by atoms with E-state index >= 15 is 0 Å². The van der Waals surface area contributed by atoms with Crippen LogP contribution < -0.4 is 5.76 Å². The fourth-order valence-electron chi connectivity index (χ4n) is 2.65. The third kappa shape index (κ3) is 2.85. The highest BCUT2D eigenvalue weighted by Gasteiger charge is 2.19. The standard InChI is InChI=1S/C15H19N3O3/c1-16-8-10-17(11-9-16)14(19)6-7-18-12-4-2-3-5-13(12)21-15(18)20/h2-5H,6-11H2,1H3. The molecule has 0 unspecified atom stereocenters. The van der Waals surface area contributed by atoms with Gasteiger partial charge in [0.25, 0.3) is 0 Å². The Hall–Kier alpha value is -2.08. The van der Waals surface area contributed by atoms with E-state index in [0.717, 1.165) is 31.7 Å². The van der Waals surface area contributed by atoms with Crippen LogP contribution in [0.4, 0.5) is 0 Å². The maximum atomic E-state index is 12.2. The van der Waals surface area contributed by atoms with Crippen molar-refractivity contribution < 1.29 is 9.21 Å². The van der Waals surface area contributed by atoms with Crippen molar-refractivity contribution in [2.75, 3.05) is 33.2 Å². The summed E-state index contributed by atoms with van der Waals surface area (Å²) in [5.41, 5.74) is 1.31. The number of hydrogen-bond donors (Lipinski definition) is 0. The second-order valence-electron chi connectivity index (χ2n) is 5.42. The number of fused-ring (bicyclic) bond motifs is 1. The molecule has 1 aliphatic heterocycles. The number of amides is 1. The molecule has 112 valence electrons. The van der Waals surface area contributed by atoms with Crippen molar-refractivity contribution in [1.82, 2.24) is 14.4 Å². The van der Waals surface area contributed by atoms with Crippen molar-refractivity contribution in [3.8, 4) is 0 Å². The van der Waals surface area contributed by atoms with Crippen LogP contribution in [-0.2, 0) is 11.3 Å². The lowest BCUT2D eigenvalue weighted by atomic mass is 10.2. The van der Waals surface area contributed by atoms with Gasteiger partial charge in [0.2, 0.25) is 5.91 Å². The summed E-state index contributed by atoms with van der Waals surface area (Å²) in [6.45, 7) is 3.69. The molecule has 0 aliphatic carbocycles. The number of benzene rings is 1. The first kappa shape index (κ1) is 13.9. The molecular formula is C15H19N3O3. The highest BCUT2D eigenvalue weighted by atomic mass is 16.4. The summed E-state index contributed by atoms with van der Waals surface area (Å²) in [7, 11) is 2.05. The summed E-state index contributed by atoms with van der Waals surface area (Å²) in [6.07, 6.45) is 0.327. The fourth-order valence-corrected chi connectivity index (χ4v) is 2.65. The van der Waals surface area contributed by atoms with Gasteiger partial charge in [-0.05, 0) is 19.2 Å². The number of aromatic nitrogens is 1. The zero-order chi connectivity index (χ0) is 14.8. The molecule has 1 fully saturated rings. The molecule has 0 atom stereocenters. The third-order valence-corrected chi connectivity index (χ3v) is 3.98. The Balaban J connectivity index is 1.68. The van der Waals surface area contributed by atoms with Crippen molar-refractivity contribution in [2.24, 2.45) is 0 Å². The van der Waals surface area contributed by atoms with Crippen LogP contribution in [0.3, 0.4) is 0 Å². The Morgan fingerprint density at radius 2 is 1.90 bits per heavy atom. The molecule has 6 heteroatoms. The van der Waals surface area contributed by atoms with Gasteiger partial charge in [-0.15, -0.1) is 0 Å². The SMILES string of the molecule is CN1CCN(C(=O)CCn2c(=O)oc3ccccc32)CC1. The van der Waals surface area contributed by atoms with E-state index in [9.17, 15) is 9.59 Å². The van der Waals surface area contributed by atoms with Gasteiger partial charge in [-0.1, -0.05) is 12.1 Å². The van der Waals surface area contributed by atoms with E-state index in [-0.39, 0.29) is 5.91 Å². The predicted molar refractivity (Wildman–Crippen MR) is 79.2 cm³/mol. The molecule has 2 aromatic rings. The summed E-state index contributed by atoms with van der Waals surface area (Å²) < 4.78 is 6.70. The first-order valence-electron chi connectivity index (χ1n) is 7.20. The van der Waals surface area contributed by atoms with E-state index in [1.54, 1.807) is 6.07 Å². The van der Waals surface area contributed by atoms with Crippen molar-refractivity contribution >= 4 is 17.0 Å². The topological polar surface area (TPSA) is 58.7 Å². The van der Waals surface area contributed by atoms with Crippen LogP contribution in [0.5, 0.6) is 0 Å². The van der Waals surface area contributed by atoms with Gasteiger partial charge in [0, 0.05) is 39.1 Å². The van der Waals surface area contributed by atoms with Gasteiger partial charge >= 0.3 is 5.76 Å². The Bertz CT molecular complexity index is 695. The smallest absolute Gasteiger partial charge is 0.408 e. The number of hydrogen-bond acceptors (Lipinski definition) is 4. The number of piperazine rings is 1. The van der Waals surface area contributed by atoms with Crippen LogP contribution in [0.25, 0.3) is 11.1 Å². The Morgan fingerprint density at radius 3 is 2.67 bits per heavy atom. The van der Waals surface area contributed by atoms with Gasteiger partial charge in [-0.2, -0.15) is 0 Å². The van der Waals surface area contributed by atoms with Crippen LogP contribution in [-0.4, -0.2) is 53.5 Å². The van der Waals surface area contributed by atoms with Gasteiger partial charge in [0.05, 0.1) is 5.52 Å². The normalized spacial score (nSPS) is 16.5. The van der Waals surface area contributed by atoms with Crippen molar-refractivity contribution in [2.45, 2.75) is 13.0 Å². The summed E-state index contributed by atoms with van der Waals surface area (Å²) in [6, 6.07) is 7.27. The first-order valence-corrected chi connectivity index (χ1v) is 7.20. The lowest BCUT2D eigenvalue weighted by Gasteiger charge is -2.32. The maximum Gasteiger partial charge on any atom is 0.419 e. The molecule has 3 rings (SSSR count). The molecule has 1 saturated heterocycles. The molecule has 1 amide bonds. The predicted octanol–water partition coefficient (Wildman–Crippen LogP) is 0.759. The van der Waals surface area contributed by atoms with Crippen LogP contribution in [0.1, 0.15) is 6.42 Å². The summed E-state index contributed by atoms with van der Waals surface area (Å²) in [5, 5.41) is 0. The molecule has 0 saturated carbocycles. The van der Waals surface area contributed by atoms with Gasteiger partial charge in [-0.3, -0.25) is 9.36 Å². The maximum absolute atomic E-state index is 12.2. The average molecular weight is 289 g/mol. The van der Waals surface area contributed by atoms with Gasteiger partial charge < -0.3 is 14.2 Å². The number of carbonyl (C=O) groups excluding carboxylic acids is 1. The molecular weight excluding hydrogens is 270 g/mol. The molecule has 0 radical (unpaired) electrons. The minimum Gasteiger partial charge on any atom is -0.408 e. The minimum absolute atomic E-state index is 0.0975. The van der Waals surface area contributed by atoms with E-state index in [1.807, 2.05) is 23.1 Å². The molecule has 6 nitrogen and oxygen atoms in total. The second-order valence-corrected chi connectivity index (χ2v) is 5.42. The number of para-hydroxylation sites is 2. The van der Waals surface area contributed by atoms with Gasteiger partial charge in [0.15, 0.2) is 5.58 Å². The third-order valence-electron chi connectivity index (χ3n) is 3.98. The number of likely N-dealkylation sites (N-methyl/N-ethyl adjacent to an activating group) is 1. The lowest BCUT2D eigenvalue weighted by Crippen LogP contribution is -2.47. The molecule has 2 heterocycles. The second kappa shape index (κ2) is 5.73. The van der Waals surface area contributed by atoms with E-state index in [1.165, 1.54) is 4.57 Å². The number of oxazole rings is 1. The van der Waals surface area contributed by atoms with Crippen LogP contribution in [0.2, 0.25) is 0 Å². The average Bonchev–Trinajstić information content (AvgIpc) is 2.81. The summed E-state index contributed by atoms with van der Waals surface area (Å²) in [4.78, 5) is 28.1. The number of aryl methyl sites for hydroxylation is 1. The minimum atomic E-state index is -0.401. The quantitative estimate of drug-likeness (QED) is 0.837.